The van der Waals surface area contributed by atoms with E-state index >= 15 is 0 Å². The van der Waals surface area contributed by atoms with Crippen LogP contribution in [0.3, 0.4) is 0 Å². The third-order valence-electron chi connectivity index (χ3n) is 3.31. The summed E-state index contributed by atoms with van der Waals surface area (Å²) in [4.78, 5) is 22.1. The molecule has 0 unspecified atom stereocenters. The number of alkyl halides is 3. The Morgan fingerprint density at radius 1 is 1.04 bits per heavy atom. The van der Waals surface area contributed by atoms with Crippen molar-refractivity contribution >= 4 is 11.9 Å². The number of rotatable bonds is 9. The largest absolute Gasteiger partial charge is 0.481 e. The van der Waals surface area contributed by atoms with Crippen LogP contribution in [0, 0.1) is 0 Å². The third-order valence-corrected chi connectivity index (χ3v) is 3.31. The summed E-state index contributed by atoms with van der Waals surface area (Å²) < 4.78 is 37.7. The molecular weight excluding hydrogens is 311 g/mol. The molecule has 0 aliphatic heterocycles. The molecule has 1 amide bonds. The van der Waals surface area contributed by atoms with Crippen LogP contribution in [0.1, 0.15) is 54.4 Å². The van der Waals surface area contributed by atoms with Gasteiger partial charge in [-0.05, 0) is 31.0 Å². The van der Waals surface area contributed by atoms with Crippen molar-refractivity contribution in [1.29, 1.82) is 0 Å². The van der Waals surface area contributed by atoms with Crippen molar-refractivity contribution in [3.8, 4) is 0 Å². The van der Waals surface area contributed by atoms with Crippen LogP contribution in [0.25, 0.3) is 0 Å². The Bertz CT molecular complexity index is 530. The zero-order chi connectivity index (χ0) is 17.3. The first-order valence-corrected chi connectivity index (χ1v) is 7.48. The van der Waals surface area contributed by atoms with Crippen LogP contribution in [0.2, 0.25) is 0 Å². The first-order chi connectivity index (χ1) is 10.8. The summed E-state index contributed by atoms with van der Waals surface area (Å²) >= 11 is 0. The normalized spacial score (nSPS) is 11.3. The maximum absolute atomic E-state index is 12.6. The molecule has 0 heterocycles. The summed E-state index contributed by atoms with van der Waals surface area (Å²) in [5.74, 6) is -1.33. The third kappa shape index (κ3) is 7.67. The Hall–Kier alpha value is -2.05. The van der Waals surface area contributed by atoms with Gasteiger partial charge in [0.1, 0.15) is 0 Å². The number of halogens is 3. The SMILES string of the molecule is O=C(O)CCCCCCCNC(=O)c1cccc(C(F)(F)F)c1. The second kappa shape index (κ2) is 9.17. The Morgan fingerprint density at radius 3 is 2.35 bits per heavy atom. The molecule has 0 aliphatic rings. The number of unbranched alkanes of at least 4 members (excludes halogenated alkanes) is 4. The van der Waals surface area contributed by atoms with Gasteiger partial charge in [0.25, 0.3) is 5.91 Å². The predicted octanol–water partition coefficient (Wildman–Crippen LogP) is 3.86. The number of carboxylic acids is 1. The van der Waals surface area contributed by atoms with E-state index in [9.17, 15) is 22.8 Å². The Kier molecular flexibility index (Phi) is 7.57. The second-order valence-corrected chi connectivity index (χ2v) is 5.25. The number of carbonyl (C=O) groups excluding carboxylic acids is 1. The molecule has 0 radical (unpaired) electrons. The van der Waals surface area contributed by atoms with Crippen LogP contribution in [-0.2, 0) is 11.0 Å². The predicted molar refractivity (Wildman–Crippen MR) is 79.1 cm³/mol. The summed E-state index contributed by atoms with van der Waals surface area (Å²) in [6.07, 6.45) is -0.453. The van der Waals surface area contributed by atoms with Gasteiger partial charge in [-0.2, -0.15) is 13.2 Å². The van der Waals surface area contributed by atoms with Gasteiger partial charge in [-0.15, -0.1) is 0 Å². The number of hydrogen-bond acceptors (Lipinski definition) is 2. The molecule has 0 fully saturated rings. The quantitative estimate of drug-likeness (QED) is 0.675. The first kappa shape index (κ1) is 19.0. The summed E-state index contributed by atoms with van der Waals surface area (Å²) in [5, 5.41) is 11.1. The van der Waals surface area contributed by atoms with E-state index in [-0.39, 0.29) is 12.0 Å². The molecule has 1 aromatic rings. The lowest BCUT2D eigenvalue weighted by Crippen LogP contribution is -2.24. The van der Waals surface area contributed by atoms with Crippen molar-refractivity contribution in [3.05, 3.63) is 35.4 Å². The highest BCUT2D eigenvalue weighted by atomic mass is 19.4. The summed E-state index contributed by atoms with van der Waals surface area (Å²) in [5.41, 5.74) is -0.857. The number of aliphatic carboxylic acids is 1. The van der Waals surface area contributed by atoms with Gasteiger partial charge in [0.15, 0.2) is 0 Å². The van der Waals surface area contributed by atoms with Crippen molar-refractivity contribution in [3.63, 3.8) is 0 Å². The molecule has 0 aliphatic carbocycles. The van der Waals surface area contributed by atoms with E-state index in [1.54, 1.807) is 0 Å². The van der Waals surface area contributed by atoms with E-state index in [1.807, 2.05) is 0 Å². The van der Waals surface area contributed by atoms with Gasteiger partial charge in [-0.3, -0.25) is 9.59 Å². The molecule has 0 aromatic heterocycles. The molecule has 128 valence electrons. The average Bonchev–Trinajstić information content (AvgIpc) is 2.48. The minimum absolute atomic E-state index is 0.0127. The van der Waals surface area contributed by atoms with Gasteiger partial charge in [0, 0.05) is 18.5 Å². The highest BCUT2D eigenvalue weighted by Gasteiger charge is 2.30. The van der Waals surface area contributed by atoms with E-state index in [4.69, 9.17) is 5.11 Å². The standard InChI is InChI=1S/C16H20F3NO3/c17-16(18,19)13-8-6-7-12(11-13)15(23)20-10-5-3-1-2-4-9-14(21)22/h6-8,11H,1-5,9-10H2,(H,20,23)(H,21,22). The molecule has 2 N–H and O–H groups in total. The number of hydrogen-bond donors (Lipinski definition) is 2. The van der Waals surface area contributed by atoms with Gasteiger partial charge in [-0.25, -0.2) is 0 Å². The fourth-order valence-electron chi connectivity index (χ4n) is 2.07. The van der Waals surface area contributed by atoms with Gasteiger partial charge >= 0.3 is 12.1 Å². The van der Waals surface area contributed by atoms with Crippen molar-refractivity contribution < 1.29 is 27.9 Å². The van der Waals surface area contributed by atoms with E-state index in [0.717, 1.165) is 31.4 Å². The molecule has 4 nitrogen and oxygen atoms in total. The van der Waals surface area contributed by atoms with Crippen molar-refractivity contribution in [1.82, 2.24) is 5.32 Å². The molecule has 23 heavy (non-hydrogen) atoms. The molecule has 0 bridgehead atoms. The maximum Gasteiger partial charge on any atom is 0.416 e. The Morgan fingerprint density at radius 2 is 1.70 bits per heavy atom. The molecule has 1 aromatic carbocycles. The minimum Gasteiger partial charge on any atom is -0.481 e. The average molecular weight is 331 g/mol. The van der Waals surface area contributed by atoms with Crippen LogP contribution < -0.4 is 5.32 Å². The molecule has 0 saturated carbocycles. The zero-order valence-corrected chi connectivity index (χ0v) is 12.7. The number of carbonyl (C=O) groups is 2. The second-order valence-electron chi connectivity index (χ2n) is 5.25. The van der Waals surface area contributed by atoms with E-state index in [1.165, 1.54) is 12.1 Å². The van der Waals surface area contributed by atoms with Crippen LogP contribution in [-0.4, -0.2) is 23.5 Å². The van der Waals surface area contributed by atoms with Crippen molar-refractivity contribution in [2.24, 2.45) is 0 Å². The lowest BCUT2D eigenvalue weighted by atomic mass is 10.1. The lowest BCUT2D eigenvalue weighted by Gasteiger charge is -2.09. The highest BCUT2D eigenvalue weighted by Crippen LogP contribution is 2.29. The molecule has 0 spiro atoms. The highest BCUT2D eigenvalue weighted by molar-refractivity contribution is 5.94. The van der Waals surface area contributed by atoms with Crippen molar-refractivity contribution in [2.45, 2.75) is 44.7 Å². The Labute approximate surface area is 132 Å². The van der Waals surface area contributed by atoms with Crippen LogP contribution in [0.5, 0.6) is 0 Å². The zero-order valence-electron chi connectivity index (χ0n) is 12.7. The molecule has 7 heteroatoms. The number of amides is 1. The summed E-state index contributed by atoms with van der Waals surface area (Å²) in [6, 6.07) is 4.31. The summed E-state index contributed by atoms with van der Waals surface area (Å²) in [6.45, 7) is 0.383. The maximum atomic E-state index is 12.6. The van der Waals surface area contributed by atoms with Gasteiger partial charge in [-0.1, -0.05) is 25.3 Å². The monoisotopic (exact) mass is 331 g/mol. The topological polar surface area (TPSA) is 66.4 Å². The van der Waals surface area contributed by atoms with E-state index in [2.05, 4.69) is 5.32 Å². The lowest BCUT2D eigenvalue weighted by molar-refractivity contribution is -0.138. The van der Waals surface area contributed by atoms with Crippen LogP contribution in [0.4, 0.5) is 13.2 Å². The fraction of sp³-hybridized carbons (Fsp3) is 0.500. The first-order valence-electron chi connectivity index (χ1n) is 7.48. The minimum atomic E-state index is -4.47. The Balaban J connectivity index is 2.26. The molecular formula is C16H20F3NO3. The molecule has 0 atom stereocenters. The van der Waals surface area contributed by atoms with Crippen LogP contribution >= 0.6 is 0 Å². The molecule has 0 saturated heterocycles. The summed E-state index contributed by atoms with van der Waals surface area (Å²) in [7, 11) is 0. The van der Waals surface area contributed by atoms with Crippen molar-refractivity contribution in [2.75, 3.05) is 6.54 Å². The van der Waals surface area contributed by atoms with Crippen LogP contribution in [0.15, 0.2) is 24.3 Å². The van der Waals surface area contributed by atoms with Gasteiger partial charge in [0.2, 0.25) is 0 Å². The van der Waals surface area contributed by atoms with E-state index in [0.29, 0.717) is 19.4 Å². The number of nitrogens with one attached hydrogen (secondary N) is 1. The molecule has 1 rings (SSSR count). The smallest absolute Gasteiger partial charge is 0.416 e. The van der Waals surface area contributed by atoms with Gasteiger partial charge < -0.3 is 10.4 Å². The fourth-order valence-corrected chi connectivity index (χ4v) is 2.07. The number of carboxylic acid groups (broad SMARTS) is 1. The van der Waals surface area contributed by atoms with Gasteiger partial charge in [0.05, 0.1) is 5.56 Å². The number of benzene rings is 1. The van der Waals surface area contributed by atoms with E-state index < -0.39 is 23.6 Å².